The number of aliphatic carboxylic acids is 1. The molecular formula is C31H28N3NaO8S. The summed E-state index contributed by atoms with van der Waals surface area (Å²) < 4.78 is 38.3. The summed E-state index contributed by atoms with van der Waals surface area (Å²) in [6.07, 6.45) is 4.10. The van der Waals surface area contributed by atoms with E-state index in [9.17, 15) is 32.8 Å². The molecule has 0 saturated heterocycles. The van der Waals surface area contributed by atoms with Gasteiger partial charge in [0.05, 0.1) is 11.7 Å². The van der Waals surface area contributed by atoms with Gasteiger partial charge in [0.2, 0.25) is 5.89 Å². The SMILES string of the molecule is CC1(C)/C(=C/C=C2\CC(C(=O)O)Cc3cc4c([O-])nc(=O)nc-4oc32)N(CCCS(=O)(=O)O)c2ccc3ccccc3c21.[Na+]. The molecule has 0 aromatic heterocycles. The Kier molecular flexibility index (Phi) is 8.51. The fraction of sp³-hybridized carbons (Fsp3) is 0.290. The van der Waals surface area contributed by atoms with Crippen LogP contribution in [0.2, 0.25) is 0 Å². The molecule has 1 atom stereocenters. The number of nitrogens with zero attached hydrogens (tertiary/aromatic N) is 3. The molecule has 44 heavy (non-hydrogen) atoms. The van der Waals surface area contributed by atoms with Crippen LogP contribution in [0.1, 0.15) is 43.6 Å². The van der Waals surface area contributed by atoms with Gasteiger partial charge in [-0.05, 0) is 64.9 Å². The zero-order valence-electron chi connectivity index (χ0n) is 24.4. The second kappa shape index (κ2) is 11.8. The summed E-state index contributed by atoms with van der Waals surface area (Å²) in [5.41, 5.74) is 2.36. The molecule has 0 amide bonds. The van der Waals surface area contributed by atoms with Gasteiger partial charge >= 0.3 is 41.2 Å². The first-order valence-electron chi connectivity index (χ1n) is 13.7. The Morgan fingerprint density at radius 3 is 2.64 bits per heavy atom. The first-order valence-corrected chi connectivity index (χ1v) is 15.4. The van der Waals surface area contributed by atoms with Crippen LogP contribution in [-0.4, -0.2) is 46.3 Å². The minimum Gasteiger partial charge on any atom is -0.858 e. The quantitative estimate of drug-likeness (QED) is 0.229. The summed E-state index contributed by atoms with van der Waals surface area (Å²) in [4.78, 5) is 33.0. The number of anilines is 1. The smallest absolute Gasteiger partial charge is 0.858 e. The number of carbonyl (C=O) groups is 1. The number of carboxylic acids is 1. The molecule has 3 heterocycles. The minimum absolute atomic E-state index is 0. The van der Waals surface area contributed by atoms with Gasteiger partial charge in [-0.2, -0.15) is 13.4 Å². The largest absolute Gasteiger partial charge is 1.00 e. The molecule has 0 saturated carbocycles. The van der Waals surface area contributed by atoms with Crippen molar-refractivity contribution in [3.63, 3.8) is 0 Å². The van der Waals surface area contributed by atoms with Gasteiger partial charge in [0.15, 0.2) is 0 Å². The van der Waals surface area contributed by atoms with E-state index < -0.39 is 44.7 Å². The van der Waals surface area contributed by atoms with Gasteiger partial charge in [-0.3, -0.25) is 9.35 Å². The standard InChI is InChI=1S/C31H29N3O8S.Na/c1-31(2)24(34(12-5-13-43(39,40)41)23-10-8-17-6-3-4-7-21(17)25(23)31)11-9-18-14-20(29(36)37)15-19-16-22-27(35)32-30(38)33-28(22)42-26(18)19;/h3-4,6-11,16,20H,5,12-15H2,1-2H3,(H,36,37)(H,32,35,38)(H,39,40,41);/q;+1/p-1/b18-9+,24-11-;. The van der Waals surface area contributed by atoms with Crippen molar-refractivity contribution >= 4 is 38.1 Å². The third-order valence-electron chi connectivity index (χ3n) is 8.22. The Balaban J connectivity index is 0.00000384. The molecule has 2 aromatic carbocycles. The second-order valence-electron chi connectivity index (χ2n) is 11.4. The van der Waals surface area contributed by atoms with Gasteiger partial charge in [0.1, 0.15) is 5.76 Å². The van der Waals surface area contributed by atoms with E-state index in [0.29, 0.717) is 23.4 Å². The Hall–Kier alpha value is -3.55. The van der Waals surface area contributed by atoms with Crippen molar-refractivity contribution in [1.82, 2.24) is 9.97 Å². The van der Waals surface area contributed by atoms with Gasteiger partial charge < -0.3 is 19.5 Å². The number of fused-ring (bicyclic) bond motifs is 5. The van der Waals surface area contributed by atoms with Crippen LogP contribution in [0, 0.1) is 5.92 Å². The van der Waals surface area contributed by atoms with Crippen LogP contribution in [0.25, 0.3) is 27.8 Å². The van der Waals surface area contributed by atoms with Gasteiger partial charge in [-0.1, -0.05) is 50.3 Å². The van der Waals surface area contributed by atoms with Crippen molar-refractivity contribution in [2.45, 2.75) is 38.5 Å². The summed E-state index contributed by atoms with van der Waals surface area (Å²) in [5, 5.41) is 24.3. The average molecular weight is 626 g/mol. The zero-order valence-corrected chi connectivity index (χ0v) is 27.2. The zero-order chi connectivity index (χ0) is 30.7. The van der Waals surface area contributed by atoms with Crippen LogP contribution in [0.4, 0.5) is 5.69 Å². The van der Waals surface area contributed by atoms with Gasteiger partial charge in [-0.25, -0.2) is 9.78 Å². The van der Waals surface area contributed by atoms with Gasteiger partial charge in [-0.15, -0.1) is 0 Å². The molecule has 1 unspecified atom stereocenters. The van der Waals surface area contributed by atoms with Gasteiger partial charge in [0.25, 0.3) is 10.1 Å². The van der Waals surface area contributed by atoms with Crippen molar-refractivity contribution in [2.75, 3.05) is 17.2 Å². The summed E-state index contributed by atoms with van der Waals surface area (Å²) in [5.74, 6) is -2.77. The maximum Gasteiger partial charge on any atom is 1.00 e. The van der Waals surface area contributed by atoms with Crippen LogP contribution in [0.15, 0.2) is 69.5 Å². The minimum atomic E-state index is -4.16. The number of hydrogen-bond donors (Lipinski definition) is 2. The molecule has 0 spiro atoms. The molecule has 0 bridgehead atoms. The molecule has 0 radical (unpaired) electrons. The molecule has 3 aliphatic heterocycles. The first kappa shape index (κ1) is 31.9. The van der Waals surface area contributed by atoms with Crippen LogP contribution in [-0.2, 0) is 26.7 Å². The third-order valence-corrected chi connectivity index (χ3v) is 9.02. The molecular weight excluding hydrogens is 597 g/mol. The van der Waals surface area contributed by atoms with Gasteiger partial charge in [0, 0.05) is 34.8 Å². The molecule has 0 fully saturated rings. The van der Waals surface area contributed by atoms with E-state index in [4.69, 9.17) is 4.42 Å². The molecule has 11 nitrogen and oxygen atoms in total. The van der Waals surface area contributed by atoms with E-state index in [2.05, 4.69) is 23.8 Å². The van der Waals surface area contributed by atoms with Crippen molar-refractivity contribution < 1.29 is 62.0 Å². The van der Waals surface area contributed by atoms with Crippen LogP contribution in [0.5, 0.6) is 5.88 Å². The Bertz CT molecular complexity index is 2000. The second-order valence-corrected chi connectivity index (χ2v) is 13.0. The normalized spacial score (nSPS) is 19.2. The fourth-order valence-corrected chi connectivity index (χ4v) is 6.81. The van der Waals surface area contributed by atoms with Crippen LogP contribution in [0.3, 0.4) is 0 Å². The number of allylic oxidation sites excluding steroid dienone is 4. The van der Waals surface area contributed by atoms with Crippen molar-refractivity contribution in [3.8, 4) is 17.3 Å². The molecule has 222 valence electrons. The molecule has 2 aromatic rings. The van der Waals surface area contributed by atoms with E-state index in [0.717, 1.165) is 27.7 Å². The average Bonchev–Trinajstić information content (AvgIpc) is 3.15. The molecule has 6 rings (SSSR count). The Morgan fingerprint density at radius 2 is 1.91 bits per heavy atom. The first-order chi connectivity index (χ1) is 20.3. The number of benzene rings is 2. The van der Waals surface area contributed by atoms with E-state index in [1.54, 1.807) is 6.08 Å². The summed E-state index contributed by atoms with van der Waals surface area (Å²) in [6, 6.07) is 13.5. The summed E-state index contributed by atoms with van der Waals surface area (Å²) in [6.45, 7) is 4.45. The molecule has 4 aliphatic rings. The maximum absolute atomic E-state index is 12.3. The summed E-state index contributed by atoms with van der Waals surface area (Å²) in [7, 11) is -4.16. The monoisotopic (exact) mass is 625 g/mol. The predicted molar refractivity (Wildman–Crippen MR) is 157 cm³/mol. The van der Waals surface area contributed by atoms with Crippen molar-refractivity contribution in [3.05, 3.63) is 87.7 Å². The molecule has 13 heteroatoms. The molecule has 2 N–H and O–H groups in total. The molecule has 1 aliphatic carbocycles. The Morgan fingerprint density at radius 1 is 1.16 bits per heavy atom. The van der Waals surface area contributed by atoms with Crippen molar-refractivity contribution in [2.24, 2.45) is 5.92 Å². The number of carboxylic acid groups (broad SMARTS) is 1. The maximum atomic E-state index is 12.3. The number of aromatic nitrogens is 2. The van der Waals surface area contributed by atoms with E-state index >= 15 is 0 Å². The topological polar surface area (TPSA) is 174 Å². The van der Waals surface area contributed by atoms with E-state index in [-0.39, 0.29) is 60.3 Å². The fourth-order valence-electron chi connectivity index (χ4n) is 6.31. The predicted octanol–water partition coefficient (Wildman–Crippen LogP) is 0.755. The Labute approximate surface area is 275 Å². The van der Waals surface area contributed by atoms with Crippen molar-refractivity contribution in [1.29, 1.82) is 0 Å². The van der Waals surface area contributed by atoms with E-state index in [1.807, 2.05) is 47.4 Å². The third kappa shape index (κ3) is 5.80. The number of hydrogen-bond acceptors (Lipinski definition) is 9. The van der Waals surface area contributed by atoms with Crippen LogP contribution >= 0.6 is 0 Å². The van der Waals surface area contributed by atoms with Crippen LogP contribution < -0.4 is 45.3 Å². The summed E-state index contributed by atoms with van der Waals surface area (Å²) >= 11 is 0. The number of rotatable bonds is 6. The van der Waals surface area contributed by atoms with E-state index in [1.165, 1.54) is 6.07 Å².